The lowest BCUT2D eigenvalue weighted by Crippen LogP contribution is -2.06. The summed E-state index contributed by atoms with van der Waals surface area (Å²) in [4.78, 5) is 15.0. The van der Waals surface area contributed by atoms with Crippen LogP contribution in [0.1, 0.15) is 32.8 Å². The SMILES string of the molecule is CSCCc1nc(Cc2sc(C)nc2C)n(-c2cc(C)ccn2)n1. The van der Waals surface area contributed by atoms with Gasteiger partial charge in [-0.05, 0) is 44.7 Å². The van der Waals surface area contributed by atoms with E-state index in [-0.39, 0.29) is 0 Å². The van der Waals surface area contributed by atoms with Gasteiger partial charge >= 0.3 is 0 Å². The first-order valence-electron chi connectivity index (χ1n) is 7.86. The van der Waals surface area contributed by atoms with E-state index in [1.807, 2.05) is 29.9 Å². The molecule has 0 saturated heterocycles. The number of hydrogen-bond acceptors (Lipinski definition) is 6. The first kappa shape index (κ1) is 17.1. The summed E-state index contributed by atoms with van der Waals surface area (Å²) in [5.74, 6) is 3.65. The van der Waals surface area contributed by atoms with Crippen molar-refractivity contribution in [3.05, 3.63) is 51.1 Å². The third kappa shape index (κ3) is 3.84. The van der Waals surface area contributed by atoms with Crippen LogP contribution in [-0.4, -0.2) is 36.7 Å². The Balaban J connectivity index is 1.99. The maximum Gasteiger partial charge on any atom is 0.155 e. The standard InChI is InChI=1S/C17H21N5S2/c1-11-5-7-18-16(9-11)22-17(20-15(21-22)6-8-23-4)10-14-12(2)19-13(3)24-14/h5,7,9H,6,8,10H2,1-4H3. The number of thioether (sulfide) groups is 1. The third-order valence-electron chi connectivity index (χ3n) is 3.68. The molecule has 7 heteroatoms. The summed E-state index contributed by atoms with van der Waals surface area (Å²) in [5.41, 5.74) is 2.24. The summed E-state index contributed by atoms with van der Waals surface area (Å²) < 4.78 is 1.89. The highest BCUT2D eigenvalue weighted by Crippen LogP contribution is 2.21. The molecule has 0 aliphatic rings. The molecular formula is C17H21N5S2. The van der Waals surface area contributed by atoms with Crippen molar-refractivity contribution < 1.29 is 0 Å². The fourth-order valence-electron chi connectivity index (χ4n) is 2.51. The molecule has 24 heavy (non-hydrogen) atoms. The Labute approximate surface area is 150 Å². The molecule has 0 aromatic carbocycles. The minimum absolute atomic E-state index is 0.735. The number of rotatable bonds is 6. The molecule has 0 aliphatic heterocycles. The second-order valence-corrected chi connectivity index (χ2v) is 7.98. The van der Waals surface area contributed by atoms with Crippen molar-refractivity contribution >= 4 is 23.1 Å². The van der Waals surface area contributed by atoms with E-state index < -0.39 is 0 Å². The highest BCUT2D eigenvalue weighted by atomic mass is 32.2. The van der Waals surface area contributed by atoms with E-state index in [0.717, 1.165) is 52.3 Å². The highest BCUT2D eigenvalue weighted by Gasteiger charge is 2.16. The highest BCUT2D eigenvalue weighted by molar-refractivity contribution is 7.98. The molecule has 0 unspecified atom stereocenters. The van der Waals surface area contributed by atoms with Crippen molar-refractivity contribution in [2.45, 2.75) is 33.6 Å². The Morgan fingerprint density at radius 2 is 2.04 bits per heavy atom. The van der Waals surface area contributed by atoms with Gasteiger partial charge in [0.1, 0.15) is 5.82 Å². The molecule has 3 rings (SSSR count). The first-order valence-corrected chi connectivity index (χ1v) is 10.1. The third-order valence-corrected chi connectivity index (χ3v) is 5.37. The Kier molecular flexibility index (Phi) is 5.30. The molecule has 126 valence electrons. The molecule has 0 fully saturated rings. The van der Waals surface area contributed by atoms with Gasteiger partial charge < -0.3 is 0 Å². The van der Waals surface area contributed by atoms with Gasteiger partial charge in [0.2, 0.25) is 0 Å². The molecule has 3 heterocycles. The van der Waals surface area contributed by atoms with E-state index >= 15 is 0 Å². The topological polar surface area (TPSA) is 56.5 Å². The average Bonchev–Trinajstić information content (AvgIpc) is 3.08. The van der Waals surface area contributed by atoms with Crippen LogP contribution in [0.5, 0.6) is 0 Å². The Bertz CT molecular complexity index is 837. The van der Waals surface area contributed by atoms with Crippen LogP contribution in [0.25, 0.3) is 5.82 Å². The van der Waals surface area contributed by atoms with Gasteiger partial charge in [0, 0.05) is 29.7 Å². The summed E-state index contributed by atoms with van der Waals surface area (Å²) in [6, 6.07) is 4.03. The van der Waals surface area contributed by atoms with E-state index in [9.17, 15) is 0 Å². The molecular weight excluding hydrogens is 338 g/mol. The lowest BCUT2D eigenvalue weighted by atomic mass is 10.2. The Morgan fingerprint density at radius 1 is 1.21 bits per heavy atom. The van der Waals surface area contributed by atoms with Crippen LogP contribution in [0, 0.1) is 20.8 Å². The number of thiazole rings is 1. The normalized spacial score (nSPS) is 11.2. The van der Waals surface area contributed by atoms with Gasteiger partial charge in [-0.25, -0.2) is 15.0 Å². The lowest BCUT2D eigenvalue weighted by molar-refractivity contribution is 0.777. The summed E-state index contributed by atoms with van der Waals surface area (Å²) >= 11 is 3.53. The van der Waals surface area contributed by atoms with Gasteiger partial charge in [-0.15, -0.1) is 16.4 Å². The maximum absolute atomic E-state index is 4.78. The van der Waals surface area contributed by atoms with E-state index in [0.29, 0.717) is 0 Å². The zero-order valence-electron chi connectivity index (χ0n) is 14.4. The molecule has 0 amide bonds. The zero-order chi connectivity index (χ0) is 17.1. The molecule has 0 atom stereocenters. The summed E-state index contributed by atoms with van der Waals surface area (Å²) in [7, 11) is 0. The van der Waals surface area contributed by atoms with Crippen LogP contribution in [0.3, 0.4) is 0 Å². The summed E-state index contributed by atoms with van der Waals surface area (Å²) in [5, 5.41) is 5.79. The molecule has 0 N–H and O–H groups in total. The minimum Gasteiger partial charge on any atom is -0.247 e. The lowest BCUT2D eigenvalue weighted by Gasteiger charge is -2.05. The molecule has 0 saturated carbocycles. The molecule has 0 spiro atoms. The van der Waals surface area contributed by atoms with Crippen LogP contribution in [0.4, 0.5) is 0 Å². The molecule has 0 bridgehead atoms. The van der Waals surface area contributed by atoms with Gasteiger partial charge in [-0.3, -0.25) is 0 Å². The van der Waals surface area contributed by atoms with Crippen molar-refractivity contribution in [3.63, 3.8) is 0 Å². The molecule has 3 aromatic heterocycles. The van der Waals surface area contributed by atoms with E-state index in [2.05, 4.69) is 30.1 Å². The molecule has 0 aliphatic carbocycles. The van der Waals surface area contributed by atoms with Gasteiger partial charge in [-0.2, -0.15) is 16.4 Å². The molecule has 3 aromatic rings. The number of pyridine rings is 1. The fourth-order valence-corrected chi connectivity index (χ4v) is 3.83. The first-order chi connectivity index (χ1) is 11.6. The van der Waals surface area contributed by atoms with Crippen molar-refractivity contribution in [3.8, 4) is 5.82 Å². The quantitative estimate of drug-likeness (QED) is 0.674. The average molecular weight is 360 g/mol. The van der Waals surface area contributed by atoms with Gasteiger partial charge in [-0.1, -0.05) is 0 Å². The van der Waals surface area contributed by atoms with Crippen molar-refractivity contribution in [2.75, 3.05) is 12.0 Å². The molecule has 0 radical (unpaired) electrons. The van der Waals surface area contributed by atoms with Crippen molar-refractivity contribution in [1.82, 2.24) is 24.7 Å². The predicted octanol–water partition coefficient (Wildman–Crippen LogP) is 3.54. The maximum atomic E-state index is 4.78. The molecule has 5 nitrogen and oxygen atoms in total. The second-order valence-electron chi connectivity index (χ2n) is 5.71. The van der Waals surface area contributed by atoms with Crippen LogP contribution in [0.15, 0.2) is 18.3 Å². The van der Waals surface area contributed by atoms with Gasteiger partial charge in [0.25, 0.3) is 0 Å². The second kappa shape index (κ2) is 7.44. The van der Waals surface area contributed by atoms with E-state index in [1.54, 1.807) is 23.1 Å². The van der Waals surface area contributed by atoms with Crippen LogP contribution < -0.4 is 0 Å². The van der Waals surface area contributed by atoms with E-state index in [1.165, 1.54) is 4.88 Å². The fraction of sp³-hybridized carbons (Fsp3) is 0.412. The minimum atomic E-state index is 0.735. The monoisotopic (exact) mass is 359 g/mol. The predicted molar refractivity (Wildman–Crippen MR) is 100 cm³/mol. The van der Waals surface area contributed by atoms with Crippen molar-refractivity contribution in [1.29, 1.82) is 0 Å². The van der Waals surface area contributed by atoms with E-state index in [4.69, 9.17) is 10.1 Å². The Morgan fingerprint density at radius 3 is 2.71 bits per heavy atom. The zero-order valence-corrected chi connectivity index (χ0v) is 16.0. The van der Waals surface area contributed by atoms with Crippen LogP contribution in [-0.2, 0) is 12.8 Å². The van der Waals surface area contributed by atoms with Gasteiger partial charge in [0.05, 0.1) is 10.7 Å². The number of hydrogen-bond donors (Lipinski definition) is 0. The largest absolute Gasteiger partial charge is 0.247 e. The number of nitrogens with zero attached hydrogens (tertiary/aromatic N) is 5. The van der Waals surface area contributed by atoms with Crippen LogP contribution >= 0.6 is 23.1 Å². The smallest absolute Gasteiger partial charge is 0.155 e. The Hall–Kier alpha value is -1.73. The van der Waals surface area contributed by atoms with Crippen molar-refractivity contribution in [2.24, 2.45) is 0 Å². The summed E-state index contributed by atoms with van der Waals surface area (Å²) in [6.45, 7) is 6.16. The van der Waals surface area contributed by atoms with Crippen LogP contribution in [0.2, 0.25) is 0 Å². The van der Waals surface area contributed by atoms with Gasteiger partial charge in [0.15, 0.2) is 11.6 Å². The summed E-state index contributed by atoms with van der Waals surface area (Å²) in [6.07, 6.45) is 5.52. The number of aromatic nitrogens is 5. The number of aryl methyl sites for hydroxylation is 4.